The van der Waals surface area contributed by atoms with Crippen LogP contribution in [0.1, 0.15) is 11.1 Å². The van der Waals surface area contributed by atoms with E-state index in [1.807, 2.05) is 12.1 Å². The number of hydrogen-bond acceptors (Lipinski definition) is 0. The highest BCUT2D eigenvalue weighted by Gasteiger charge is 2.09. The van der Waals surface area contributed by atoms with E-state index in [1.165, 1.54) is 34.4 Å². The minimum atomic E-state index is -0.202. The average Bonchev–Trinajstić information content (AvgIpc) is 2.50. The number of aryl methyl sites for hydroxylation is 1. The van der Waals surface area contributed by atoms with Crippen LogP contribution in [0, 0.1) is 19.7 Å². The second-order valence-electron chi connectivity index (χ2n) is 5.30. The van der Waals surface area contributed by atoms with Crippen LogP contribution in [0.15, 0.2) is 66.7 Å². The molecule has 0 atom stereocenters. The maximum absolute atomic E-state index is 13.1. The molecule has 0 unspecified atom stereocenters. The van der Waals surface area contributed by atoms with Gasteiger partial charge in [0, 0.05) is 0 Å². The van der Waals surface area contributed by atoms with Crippen LogP contribution in [0.3, 0.4) is 0 Å². The third kappa shape index (κ3) is 2.59. The van der Waals surface area contributed by atoms with Crippen LogP contribution >= 0.6 is 0 Å². The second-order valence-corrected chi connectivity index (χ2v) is 5.30. The zero-order valence-corrected chi connectivity index (χ0v) is 12.2. The first-order valence-electron chi connectivity index (χ1n) is 7.08. The fraction of sp³-hybridized carbons (Fsp3) is 0.100. The van der Waals surface area contributed by atoms with Crippen molar-refractivity contribution in [1.29, 1.82) is 0 Å². The molecule has 0 aromatic heterocycles. The van der Waals surface area contributed by atoms with Crippen LogP contribution in [0.4, 0.5) is 4.39 Å². The Morgan fingerprint density at radius 1 is 0.619 bits per heavy atom. The van der Waals surface area contributed by atoms with Crippen LogP contribution in [0.25, 0.3) is 22.3 Å². The molecule has 104 valence electrons. The van der Waals surface area contributed by atoms with Crippen molar-refractivity contribution >= 4 is 0 Å². The molecule has 3 rings (SSSR count). The smallest absolute Gasteiger partial charge is 0.123 e. The van der Waals surface area contributed by atoms with Crippen molar-refractivity contribution in [1.82, 2.24) is 0 Å². The maximum Gasteiger partial charge on any atom is 0.123 e. The molecule has 0 N–H and O–H groups in total. The first-order chi connectivity index (χ1) is 10.2. The third-order valence-electron chi connectivity index (χ3n) is 3.92. The van der Waals surface area contributed by atoms with E-state index in [9.17, 15) is 4.39 Å². The van der Waals surface area contributed by atoms with Gasteiger partial charge in [-0.15, -0.1) is 0 Å². The summed E-state index contributed by atoms with van der Waals surface area (Å²) in [5.74, 6) is -0.202. The molecule has 1 heteroatoms. The summed E-state index contributed by atoms with van der Waals surface area (Å²) in [6.07, 6.45) is 0. The molecule has 0 spiro atoms. The molecule has 0 aliphatic carbocycles. The molecule has 0 radical (unpaired) electrons. The van der Waals surface area contributed by atoms with Crippen molar-refractivity contribution in [2.45, 2.75) is 13.8 Å². The van der Waals surface area contributed by atoms with E-state index in [0.29, 0.717) is 0 Å². The summed E-state index contributed by atoms with van der Waals surface area (Å²) in [4.78, 5) is 0. The van der Waals surface area contributed by atoms with Gasteiger partial charge in [-0.25, -0.2) is 4.39 Å². The first kappa shape index (κ1) is 13.6. The van der Waals surface area contributed by atoms with Crippen molar-refractivity contribution in [2.24, 2.45) is 0 Å². The summed E-state index contributed by atoms with van der Waals surface area (Å²) in [5.41, 5.74) is 7.16. The van der Waals surface area contributed by atoms with Gasteiger partial charge < -0.3 is 0 Å². The van der Waals surface area contributed by atoms with Gasteiger partial charge in [-0.1, -0.05) is 54.6 Å². The third-order valence-corrected chi connectivity index (χ3v) is 3.92. The zero-order chi connectivity index (χ0) is 14.8. The first-order valence-corrected chi connectivity index (χ1v) is 7.08. The highest BCUT2D eigenvalue weighted by atomic mass is 19.1. The fourth-order valence-corrected chi connectivity index (χ4v) is 2.74. The van der Waals surface area contributed by atoms with Crippen LogP contribution in [-0.2, 0) is 0 Å². The van der Waals surface area contributed by atoms with E-state index in [-0.39, 0.29) is 5.82 Å². The molecular formula is C20H17F. The molecule has 0 saturated carbocycles. The Labute approximate surface area is 124 Å². The summed E-state index contributed by atoms with van der Waals surface area (Å²) in [6, 6.07) is 21.4. The monoisotopic (exact) mass is 276 g/mol. The van der Waals surface area contributed by atoms with Gasteiger partial charge in [0.25, 0.3) is 0 Å². The Bertz CT molecular complexity index is 770. The number of benzene rings is 3. The lowest BCUT2D eigenvalue weighted by Gasteiger charge is -2.13. The molecule has 0 aliphatic rings. The van der Waals surface area contributed by atoms with E-state index in [0.717, 1.165) is 11.1 Å². The van der Waals surface area contributed by atoms with Crippen molar-refractivity contribution < 1.29 is 4.39 Å². The molecule has 0 nitrogen and oxygen atoms in total. The molecule has 0 aliphatic heterocycles. The molecule has 0 bridgehead atoms. The number of halogens is 1. The zero-order valence-electron chi connectivity index (χ0n) is 12.2. The summed E-state index contributed by atoms with van der Waals surface area (Å²) in [7, 11) is 0. The second kappa shape index (κ2) is 5.53. The van der Waals surface area contributed by atoms with Crippen LogP contribution in [0.5, 0.6) is 0 Å². The highest BCUT2D eigenvalue weighted by molar-refractivity contribution is 5.79. The standard InChI is InChI=1S/C20H17F/c1-14-6-3-4-7-18(14)20-9-5-8-19(15(20)2)16-10-12-17(21)13-11-16/h3-13H,1-2H3. The molecule has 21 heavy (non-hydrogen) atoms. The highest BCUT2D eigenvalue weighted by Crippen LogP contribution is 2.33. The average molecular weight is 276 g/mol. The quantitative estimate of drug-likeness (QED) is 0.557. The number of rotatable bonds is 2. The molecule has 3 aromatic carbocycles. The maximum atomic E-state index is 13.1. The largest absolute Gasteiger partial charge is 0.207 e. The predicted octanol–water partition coefficient (Wildman–Crippen LogP) is 5.78. The van der Waals surface area contributed by atoms with E-state index in [1.54, 1.807) is 0 Å². The van der Waals surface area contributed by atoms with Gasteiger partial charge in [-0.05, 0) is 59.4 Å². The van der Waals surface area contributed by atoms with Crippen LogP contribution in [-0.4, -0.2) is 0 Å². The minimum Gasteiger partial charge on any atom is -0.207 e. The summed E-state index contributed by atoms with van der Waals surface area (Å²) < 4.78 is 13.1. The summed E-state index contributed by atoms with van der Waals surface area (Å²) >= 11 is 0. The SMILES string of the molecule is Cc1ccccc1-c1cccc(-c2ccc(F)cc2)c1C. The Morgan fingerprint density at radius 3 is 1.95 bits per heavy atom. The van der Waals surface area contributed by atoms with Gasteiger partial charge in [0.05, 0.1) is 0 Å². The van der Waals surface area contributed by atoms with E-state index >= 15 is 0 Å². The summed E-state index contributed by atoms with van der Waals surface area (Å²) in [5, 5.41) is 0. The van der Waals surface area contributed by atoms with Gasteiger partial charge in [0.2, 0.25) is 0 Å². The molecule has 0 saturated heterocycles. The van der Waals surface area contributed by atoms with E-state index in [4.69, 9.17) is 0 Å². The Balaban J connectivity index is 2.16. The Hall–Kier alpha value is -2.41. The van der Waals surface area contributed by atoms with Crippen molar-refractivity contribution in [3.63, 3.8) is 0 Å². The van der Waals surface area contributed by atoms with Gasteiger partial charge in [-0.3, -0.25) is 0 Å². The van der Waals surface area contributed by atoms with Crippen molar-refractivity contribution in [3.8, 4) is 22.3 Å². The molecule has 3 aromatic rings. The summed E-state index contributed by atoms with van der Waals surface area (Å²) in [6.45, 7) is 4.25. The van der Waals surface area contributed by atoms with Gasteiger partial charge >= 0.3 is 0 Å². The van der Waals surface area contributed by atoms with Crippen LogP contribution in [0.2, 0.25) is 0 Å². The Morgan fingerprint density at radius 2 is 1.24 bits per heavy atom. The van der Waals surface area contributed by atoms with Gasteiger partial charge in [-0.2, -0.15) is 0 Å². The topological polar surface area (TPSA) is 0 Å². The number of hydrogen-bond donors (Lipinski definition) is 0. The van der Waals surface area contributed by atoms with Crippen molar-refractivity contribution in [3.05, 3.63) is 83.7 Å². The van der Waals surface area contributed by atoms with E-state index in [2.05, 4.69) is 56.3 Å². The molecule has 0 fully saturated rings. The Kier molecular flexibility index (Phi) is 3.57. The lowest BCUT2D eigenvalue weighted by molar-refractivity contribution is 0.628. The lowest BCUT2D eigenvalue weighted by atomic mass is 9.91. The fourth-order valence-electron chi connectivity index (χ4n) is 2.74. The van der Waals surface area contributed by atoms with Gasteiger partial charge in [0.15, 0.2) is 0 Å². The normalized spacial score (nSPS) is 10.6. The molecule has 0 amide bonds. The molecule has 0 heterocycles. The predicted molar refractivity (Wildman–Crippen MR) is 86.7 cm³/mol. The lowest BCUT2D eigenvalue weighted by Crippen LogP contribution is -1.90. The minimum absolute atomic E-state index is 0.202. The van der Waals surface area contributed by atoms with Gasteiger partial charge in [0.1, 0.15) is 5.82 Å². The van der Waals surface area contributed by atoms with Crippen LogP contribution < -0.4 is 0 Å². The van der Waals surface area contributed by atoms with Crippen molar-refractivity contribution in [2.75, 3.05) is 0 Å². The van der Waals surface area contributed by atoms with E-state index < -0.39 is 0 Å². The molecular weight excluding hydrogens is 259 g/mol.